The van der Waals surface area contributed by atoms with E-state index in [-0.39, 0.29) is 22.6 Å². The standard InChI is InChI=1S/C24H42N4O4S4/c1-7-25-15-19(29)27(21(25)33)17-23(3,4)9-11-35(31)13-14-36(32)12-10-24(5,6)18-28-20(30)16-26(8-2)22(28)34/h15-16,29-30H,7-14,17-18H2,1-6H3. The van der Waals surface area contributed by atoms with Crippen molar-refractivity contribution in [1.29, 1.82) is 0 Å². The van der Waals surface area contributed by atoms with Gasteiger partial charge in [0.1, 0.15) is 0 Å². The van der Waals surface area contributed by atoms with Crippen LogP contribution >= 0.6 is 24.4 Å². The van der Waals surface area contributed by atoms with Crippen LogP contribution in [0.3, 0.4) is 0 Å². The first kappa shape index (κ1) is 31.0. The maximum Gasteiger partial charge on any atom is 0.210 e. The van der Waals surface area contributed by atoms with E-state index in [0.29, 0.717) is 71.6 Å². The van der Waals surface area contributed by atoms with Crippen LogP contribution in [0.2, 0.25) is 0 Å². The van der Waals surface area contributed by atoms with E-state index in [2.05, 4.69) is 27.7 Å². The van der Waals surface area contributed by atoms with Crippen LogP contribution in [0.25, 0.3) is 0 Å². The number of rotatable bonds is 15. The minimum Gasteiger partial charge on any atom is -0.493 e. The van der Waals surface area contributed by atoms with Gasteiger partial charge in [0.15, 0.2) is 9.54 Å². The maximum absolute atomic E-state index is 12.6. The number of aromatic nitrogens is 4. The molecule has 0 saturated heterocycles. The lowest BCUT2D eigenvalue weighted by Gasteiger charge is -2.25. The Morgan fingerprint density at radius 2 is 1.06 bits per heavy atom. The highest BCUT2D eigenvalue weighted by Crippen LogP contribution is 2.28. The van der Waals surface area contributed by atoms with Crippen LogP contribution in [0.1, 0.15) is 54.4 Å². The van der Waals surface area contributed by atoms with Crippen LogP contribution in [0.15, 0.2) is 12.4 Å². The SMILES string of the molecule is CCn1cc(O)n(CC(C)(C)CCS(=O)CCS(=O)CCC(C)(C)Cn2c(O)cn(CC)c2=S)c1=S. The summed E-state index contributed by atoms with van der Waals surface area (Å²) in [6, 6.07) is 0. The second-order valence-electron chi connectivity index (χ2n) is 10.8. The normalized spacial score (nSPS) is 14.3. The molecular weight excluding hydrogens is 537 g/mol. The molecule has 0 bridgehead atoms. The van der Waals surface area contributed by atoms with E-state index in [1.54, 1.807) is 21.5 Å². The maximum atomic E-state index is 12.6. The molecule has 0 aliphatic rings. The molecule has 2 heterocycles. The van der Waals surface area contributed by atoms with Crippen LogP contribution < -0.4 is 0 Å². The van der Waals surface area contributed by atoms with Crippen LogP contribution in [0, 0.1) is 20.4 Å². The predicted octanol–water partition coefficient (Wildman–Crippen LogP) is 4.83. The highest BCUT2D eigenvalue weighted by Gasteiger charge is 2.24. The van der Waals surface area contributed by atoms with Gasteiger partial charge in [-0.1, -0.05) is 27.7 Å². The molecule has 8 nitrogen and oxygen atoms in total. The van der Waals surface area contributed by atoms with E-state index in [4.69, 9.17) is 24.4 Å². The summed E-state index contributed by atoms with van der Waals surface area (Å²) in [6.07, 6.45) is 4.70. The van der Waals surface area contributed by atoms with Gasteiger partial charge in [-0.25, -0.2) is 0 Å². The smallest absolute Gasteiger partial charge is 0.210 e. The summed E-state index contributed by atoms with van der Waals surface area (Å²) < 4.78 is 33.5. The number of aromatic hydroxyl groups is 2. The molecular formula is C24H42N4O4S4. The van der Waals surface area contributed by atoms with Crippen LogP contribution in [0.5, 0.6) is 11.8 Å². The zero-order valence-electron chi connectivity index (χ0n) is 22.4. The van der Waals surface area contributed by atoms with Gasteiger partial charge in [-0.2, -0.15) is 0 Å². The summed E-state index contributed by atoms with van der Waals surface area (Å²) in [5.41, 5.74) is -0.393. The molecule has 0 fully saturated rings. The van der Waals surface area contributed by atoms with Crippen LogP contribution in [-0.4, -0.2) is 59.9 Å². The molecule has 0 aromatic carbocycles. The highest BCUT2D eigenvalue weighted by atomic mass is 32.2. The molecule has 0 spiro atoms. The van der Waals surface area contributed by atoms with Crippen molar-refractivity contribution < 1.29 is 18.6 Å². The molecule has 0 radical (unpaired) electrons. The van der Waals surface area contributed by atoms with Crippen LogP contribution in [0.4, 0.5) is 0 Å². The third-order valence-corrected chi connectivity index (χ3v) is 10.3. The molecule has 12 heteroatoms. The highest BCUT2D eigenvalue weighted by molar-refractivity contribution is 7.88. The molecule has 2 unspecified atom stereocenters. The fourth-order valence-electron chi connectivity index (χ4n) is 3.97. The molecule has 0 amide bonds. The lowest BCUT2D eigenvalue weighted by Crippen LogP contribution is -2.25. The summed E-state index contributed by atoms with van der Waals surface area (Å²) in [7, 11) is -2.13. The molecule has 0 aliphatic carbocycles. The van der Waals surface area contributed by atoms with E-state index in [1.165, 1.54) is 0 Å². The Morgan fingerprint density at radius 3 is 1.33 bits per heavy atom. The van der Waals surface area contributed by atoms with Crippen molar-refractivity contribution in [2.75, 3.05) is 23.0 Å². The molecule has 0 aliphatic heterocycles. The van der Waals surface area contributed by atoms with Crippen molar-refractivity contribution in [2.45, 2.75) is 80.6 Å². The molecule has 2 rings (SSSR count). The molecule has 206 valence electrons. The van der Waals surface area contributed by atoms with Gasteiger partial charge >= 0.3 is 0 Å². The van der Waals surface area contributed by atoms with Gasteiger partial charge in [0.05, 0.1) is 12.4 Å². The Morgan fingerprint density at radius 1 is 0.722 bits per heavy atom. The van der Waals surface area contributed by atoms with Gasteiger partial charge < -0.3 is 19.3 Å². The van der Waals surface area contributed by atoms with E-state index >= 15 is 0 Å². The van der Waals surface area contributed by atoms with Crippen molar-refractivity contribution in [1.82, 2.24) is 18.3 Å². The monoisotopic (exact) mass is 578 g/mol. The zero-order valence-corrected chi connectivity index (χ0v) is 25.6. The number of hydrogen-bond donors (Lipinski definition) is 2. The average molecular weight is 579 g/mol. The summed E-state index contributed by atoms with van der Waals surface area (Å²) in [4.78, 5) is 0. The molecule has 2 aromatic heterocycles. The van der Waals surface area contributed by atoms with Crippen molar-refractivity contribution in [2.24, 2.45) is 10.8 Å². The quantitative estimate of drug-likeness (QED) is 0.294. The average Bonchev–Trinajstić information content (AvgIpc) is 3.23. The number of nitrogens with zero attached hydrogens (tertiary/aromatic N) is 4. The van der Waals surface area contributed by atoms with E-state index < -0.39 is 21.6 Å². The van der Waals surface area contributed by atoms with Gasteiger partial charge in [-0.3, -0.25) is 17.6 Å². The summed E-state index contributed by atoms with van der Waals surface area (Å²) in [5.74, 6) is 2.15. The summed E-state index contributed by atoms with van der Waals surface area (Å²) >= 11 is 10.9. The van der Waals surface area contributed by atoms with Crippen LogP contribution in [-0.2, 0) is 47.8 Å². The molecule has 36 heavy (non-hydrogen) atoms. The molecule has 2 atom stereocenters. The predicted molar refractivity (Wildman–Crippen MR) is 154 cm³/mol. The Kier molecular flexibility index (Phi) is 11.2. The number of hydrogen-bond acceptors (Lipinski definition) is 6. The first-order valence-corrected chi connectivity index (χ1v) is 16.2. The topological polar surface area (TPSA) is 94.3 Å². The zero-order chi connectivity index (χ0) is 27.3. The third kappa shape index (κ3) is 8.66. The Labute approximate surface area is 230 Å². The first-order chi connectivity index (χ1) is 16.7. The Bertz CT molecular complexity index is 1100. The first-order valence-electron chi connectivity index (χ1n) is 12.4. The minimum absolute atomic E-state index is 0.148. The van der Waals surface area contributed by atoms with Gasteiger partial charge in [0.2, 0.25) is 11.8 Å². The van der Waals surface area contributed by atoms with E-state index in [1.807, 2.05) is 23.0 Å². The fraction of sp³-hybridized carbons (Fsp3) is 0.750. The van der Waals surface area contributed by atoms with E-state index in [9.17, 15) is 18.6 Å². The van der Waals surface area contributed by atoms with Gasteiger partial charge in [0.25, 0.3) is 0 Å². The van der Waals surface area contributed by atoms with Gasteiger partial charge in [-0.15, -0.1) is 0 Å². The third-order valence-electron chi connectivity index (χ3n) is 6.45. The van der Waals surface area contributed by atoms with Crippen molar-refractivity contribution >= 4 is 46.0 Å². The van der Waals surface area contributed by atoms with Crippen molar-refractivity contribution in [3.63, 3.8) is 0 Å². The Balaban J connectivity index is 1.79. The molecule has 2 aromatic rings. The minimum atomic E-state index is -1.06. The summed E-state index contributed by atoms with van der Waals surface area (Å²) in [5, 5.41) is 20.4. The molecule has 2 N–H and O–H groups in total. The lowest BCUT2D eigenvalue weighted by molar-refractivity contribution is 0.274. The Hall–Kier alpha value is -1.24. The second kappa shape index (κ2) is 13.0. The van der Waals surface area contributed by atoms with E-state index in [0.717, 1.165) is 0 Å². The molecule has 0 saturated carbocycles. The number of imidazole rings is 2. The summed E-state index contributed by atoms with van der Waals surface area (Å²) in [6.45, 7) is 14.7. The second-order valence-corrected chi connectivity index (χ2v) is 14.9. The van der Waals surface area contributed by atoms with Gasteiger partial charge in [0, 0.05) is 70.8 Å². The van der Waals surface area contributed by atoms with Crippen molar-refractivity contribution in [3.8, 4) is 11.8 Å². The largest absolute Gasteiger partial charge is 0.493 e. The lowest BCUT2D eigenvalue weighted by atomic mass is 9.90. The fourth-order valence-corrected chi connectivity index (χ4v) is 8.11. The van der Waals surface area contributed by atoms with Gasteiger partial charge in [-0.05, 0) is 62.0 Å². The van der Waals surface area contributed by atoms with Crippen molar-refractivity contribution in [3.05, 3.63) is 21.9 Å². The number of aryl methyl sites for hydroxylation is 2.